The Kier molecular flexibility index (Phi) is 2.61. The fourth-order valence-corrected chi connectivity index (χ4v) is 1.84. The summed E-state index contributed by atoms with van der Waals surface area (Å²) in [5.41, 5.74) is 0. The van der Waals surface area contributed by atoms with E-state index in [4.69, 9.17) is 0 Å². The highest BCUT2D eigenvalue weighted by Crippen LogP contribution is 2.52. The third-order valence-electron chi connectivity index (χ3n) is 1.75. The zero-order valence-corrected chi connectivity index (χ0v) is 9.98. The number of tetrazole rings is 1. The minimum Gasteiger partial charge on any atom is -0.218 e. The predicted octanol–water partition coefficient (Wildman–Crippen LogP) is 0.720. The highest BCUT2D eigenvalue weighted by molar-refractivity contribution is 8.87. The molecule has 0 saturated heterocycles. The van der Waals surface area contributed by atoms with Gasteiger partial charge in [0.05, 0.1) is 0 Å². The maximum atomic E-state index is 4.51. The van der Waals surface area contributed by atoms with E-state index in [9.17, 15) is 0 Å². The molecule has 8 heteroatoms. The van der Waals surface area contributed by atoms with Gasteiger partial charge in [0.25, 0.3) is 5.95 Å². The van der Waals surface area contributed by atoms with Gasteiger partial charge in [0.15, 0.2) is 0 Å². The van der Waals surface area contributed by atoms with Crippen molar-refractivity contribution < 1.29 is 0 Å². The summed E-state index contributed by atoms with van der Waals surface area (Å²) in [5, 5.41) is 10.7. The smallest absolute Gasteiger partial charge is 0.218 e. The molecule has 0 aliphatic carbocycles. The minimum absolute atomic E-state index is 0.459. The van der Waals surface area contributed by atoms with Crippen molar-refractivity contribution in [1.29, 1.82) is 0 Å². The van der Waals surface area contributed by atoms with Crippen LogP contribution in [0.2, 0.25) is 0 Å². The number of aromatic nitrogens is 6. The quantitative estimate of drug-likeness (QED) is 0.621. The van der Waals surface area contributed by atoms with E-state index in [1.807, 2.05) is 0 Å². The van der Waals surface area contributed by atoms with Gasteiger partial charge >= 0.3 is 0 Å². The van der Waals surface area contributed by atoms with Crippen LogP contribution < -0.4 is 0 Å². The lowest BCUT2D eigenvalue weighted by Gasteiger charge is -2.22. The van der Waals surface area contributed by atoms with Gasteiger partial charge in [-0.2, -0.15) is 13.7 Å². The van der Waals surface area contributed by atoms with Crippen molar-refractivity contribution in [1.82, 2.24) is 30.2 Å². The molecule has 0 spiro atoms. The second-order valence-electron chi connectivity index (χ2n) is 3.25. The zero-order chi connectivity index (χ0) is 10.9. The van der Waals surface area contributed by atoms with E-state index in [1.54, 1.807) is 12.4 Å². The van der Waals surface area contributed by atoms with Gasteiger partial charge in [-0.25, -0.2) is 9.97 Å². The molecule has 80 valence electrons. The van der Waals surface area contributed by atoms with Crippen LogP contribution >= 0.6 is 20.7 Å². The van der Waals surface area contributed by atoms with Crippen LogP contribution in [-0.2, 0) is 0 Å². The molecule has 0 N–H and O–H groups in total. The molecular formula is C7H10N6S2. The lowest BCUT2D eigenvalue weighted by molar-refractivity contribution is 0.744. The molecule has 0 radical (unpaired) electrons. The third kappa shape index (κ3) is 2.26. The van der Waals surface area contributed by atoms with Crippen LogP contribution in [0.4, 0.5) is 0 Å². The van der Waals surface area contributed by atoms with Crippen LogP contribution in [0.1, 0.15) is 0 Å². The molecule has 0 saturated carbocycles. The first-order valence-electron chi connectivity index (χ1n) is 4.08. The highest BCUT2D eigenvalue weighted by atomic mass is 33.1. The molecule has 6 nitrogen and oxygen atoms in total. The summed E-state index contributed by atoms with van der Waals surface area (Å²) < 4.78 is 1.41. The van der Waals surface area contributed by atoms with Crippen molar-refractivity contribution in [2.45, 2.75) is 4.90 Å². The van der Waals surface area contributed by atoms with Crippen LogP contribution in [0.15, 0.2) is 23.6 Å². The van der Waals surface area contributed by atoms with Crippen LogP contribution in [-0.4, -0.2) is 42.7 Å². The number of hydrogen-bond donors (Lipinski definition) is 1. The Morgan fingerprint density at radius 1 is 1.27 bits per heavy atom. The normalized spacial score (nSPS) is 12.7. The largest absolute Gasteiger partial charge is 0.253 e. The lowest BCUT2D eigenvalue weighted by atomic mass is 10.7. The average Bonchev–Trinajstić information content (AvgIpc) is 2.69. The molecule has 0 aliphatic heterocycles. The van der Waals surface area contributed by atoms with E-state index in [1.165, 1.54) is 11.0 Å². The molecule has 15 heavy (non-hydrogen) atoms. The molecule has 0 unspecified atom stereocenters. The van der Waals surface area contributed by atoms with Gasteiger partial charge < -0.3 is 0 Å². The van der Waals surface area contributed by atoms with Crippen molar-refractivity contribution in [2.75, 3.05) is 12.5 Å². The predicted molar refractivity (Wildman–Crippen MR) is 61.4 cm³/mol. The highest BCUT2D eigenvalue weighted by Gasteiger charge is 2.10. The molecule has 0 bridgehead atoms. The van der Waals surface area contributed by atoms with Gasteiger partial charge in [0.1, 0.15) is 6.33 Å². The van der Waals surface area contributed by atoms with Crippen LogP contribution in [0, 0.1) is 0 Å². The average molecular weight is 242 g/mol. The summed E-state index contributed by atoms with van der Waals surface area (Å²) in [5.74, 6) is 0.459. The van der Waals surface area contributed by atoms with Crippen molar-refractivity contribution in [3.05, 3.63) is 18.7 Å². The van der Waals surface area contributed by atoms with Gasteiger partial charge in [0, 0.05) is 17.3 Å². The molecule has 2 aromatic rings. The Morgan fingerprint density at radius 2 is 1.93 bits per heavy atom. The summed E-state index contributed by atoms with van der Waals surface area (Å²) >= 11 is 4.51. The first kappa shape index (κ1) is 10.4. The maximum Gasteiger partial charge on any atom is 0.253 e. The molecule has 0 aromatic carbocycles. The molecule has 0 aliphatic rings. The first-order valence-corrected chi connectivity index (χ1v) is 7.59. The van der Waals surface area contributed by atoms with E-state index in [-0.39, 0.29) is 0 Å². The van der Waals surface area contributed by atoms with Gasteiger partial charge in [-0.05, 0) is 22.9 Å². The van der Waals surface area contributed by atoms with Crippen LogP contribution in [0.3, 0.4) is 0 Å². The van der Waals surface area contributed by atoms with Crippen molar-refractivity contribution >= 4 is 20.7 Å². The van der Waals surface area contributed by atoms with Crippen molar-refractivity contribution in [3.63, 3.8) is 0 Å². The molecule has 0 fully saturated rings. The third-order valence-corrected chi connectivity index (χ3v) is 3.74. The Bertz CT molecular complexity index is 432. The van der Waals surface area contributed by atoms with Gasteiger partial charge in [0.2, 0.25) is 0 Å². The fourth-order valence-electron chi connectivity index (χ4n) is 0.939. The van der Waals surface area contributed by atoms with E-state index < -0.39 is 9.06 Å². The molecular weight excluding hydrogens is 232 g/mol. The molecule has 0 atom stereocenters. The summed E-state index contributed by atoms with van der Waals surface area (Å²) in [6, 6.07) is 0. The Morgan fingerprint density at radius 3 is 2.40 bits per heavy atom. The van der Waals surface area contributed by atoms with Crippen molar-refractivity contribution in [2.24, 2.45) is 0 Å². The van der Waals surface area contributed by atoms with Gasteiger partial charge in [-0.15, -0.1) is 16.8 Å². The van der Waals surface area contributed by atoms with Crippen LogP contribution in [0.25, 0.3) is 5.95 Å². The molecule has 2 heterocycles. The fraction of sp³-hybridized carbons (Fsp3) is 0.286. The number of rotatable bonds is 2. The monoisotopic (exact) mass is 242 g/mol. The number of thiol groups is 1. The Balaban J connectivity index is 2.33. The standard InChI is InChI=1S/C7H10N6S2/c1-15(2,14)6-3-8-7(9-4-6)13-5-10-11-12-13/h3-5,14H,1-2H3. The van der Waals surface area contributed by atoms with E-state index in [2.05, 4.69) is 49.7 Å². The summed E-state index contributed by atoms with van der Waals surface area (Å²) in [6.07, 6.45) is 9.09. The maximum absolute atomic E-state index is 4.51. The van der Waals surface area contributed by atoms with Gasteiger partial charge in [-0.1, -0.05) is 0 Å². The second kappa shape index (κ2) is 3.78. The van der Waals surface area contributed by atoms with E-state index in [0.29, 0.717) is 5.95 Å². The Labute approximate surface area is 93.3 Å². The summed E-state index contributed by atoms with van der Waals surface area (Å²) in [4.78, 5) is 9.37. The molecule has 2 rings (SSSR count). The lowest BCUT2D eigenvalue weighted by Crippen LogP contribution is -2.02. The zero-order valence-electron chi connectivity index (χ0n) is 8.27. The minimum atomic E-state index is -1.08. The number of hydrogen-bond acceptors (Lipinski definition) is 6. The topological polar surface area (TPSA) is 69.4 Å². The SMILES string of the molecule is CS(C)(S)c1cnc(-n2cnnn2)nc1. The molecule has 0 amide bonds. The first-order chi connectivity index (χ1) is 7.07. The molecule has 2 aromatic heterocycles. The summed E-state index contributed by atoms with van der Waals surface area (Å²) in [7, 11) is -1.08. The van der Waals surface area contributed by atoms with Crippen LogP contribution in [0.5, 0.6) is 0 Å². The Hall–Kier alpha value is -1.15. The summed E-state index contributed by atoms with van der Waals surface area (Å²) in [6.45, 7) is 0. The van der Waals surface area contributed by atoms with Gasteiger partial charge in [-0.3, -0.25) is 0 Å². The second-order valence-corrected chi connectivity index (χ2v) is 9.00. The van der Waals surface area contributed by atoms with Crippen molar-refractivity contribution in [3.8, 4) is 5.95 Å². The number of nitrogens with zero attached hydrogens (tertiary/aromatic N) is 6. The van der Waals surface area contributed by atoms with E-state index in [0.717, 1.165) is 4.90 Å². The van der Waals surface area contributed by atoms with E-state index >= 15 is 0 Å².